The number of pyridine rings is 1. The maximum atomic E-state index is 13.1. The number of nitrogens with one attached hydrogen (secondary N) is 1. The highest BCUT2D eigenvalue weighted by Crippen LogP contribution is 2.32. The molecule has 5 aromatic rings. The van der Waals surface area contributed by atoms with Crippen LogP contribution in [0.3, 0.4) is 0 Å². The summed E-state index contributed by atoms with van der Waals surface area (Å²) < 4.78 is 29.9. The van der Waals surface area contributed by atoms with E-state index < -0.39 is 36.1 Å². The first-order valence-electron chi connectivity index (χ1n) is 10.8. The van der Waals surface area contributed by atoms with Crippen molar-refractivity contribution in [1.82, 2.24) is 24.8 Å². The molecule has 14 nitrogen and oxygen atoms in total. The molecule has 2 aromatic carbocycles. The summed E-state index contributed by atoms with van der Waals surface area (Å²) in [6.07, 6.45) is 1.62. The summed E-state index contributed by atoms with van der Waals surface area (Å²) in [4.78, 5) is 24.7. The smallest absolute Gasteiger partial charge is 0.280 e. The van der Waals surface area contributed by atoms with Gasteiger partial charge in [-0.05, 0) is 43.3 Å². The molecule has 15 heteroatoms. The summed E-state index contributed by atoms with van der Waals surface area (Å²) in [6, 6.07) is 16.6. The first-order chi connectivity index (χ1) is 18.1. The number of rotatable bonds is 7. The van der Waals surface area contributed by atoms with Crippen molar-refractivity contribution in [2.24, 2.45) is 0 Å². The fourth-order valence-electron chi connectivity index (χ4n) is 3.75. The summed E-state index contributed by atoms with van der Waals surface area (Å²) in [5.41, 5.74) is 0.560. The van der Waals surface area contributed by atoms with Crippen LogP contribution in [0.4, 0.5) is 17.1 Å². The van der Waals surface area contributed by atoms with Crippen molar-refractivity contribution in [3.05, 3.63) is 98.7 Å². The number of benzene rings is 2. The molecule has 0 radical (unpaired) electrons. The first kappa shape index (κ1) is 24.4. The lowest BCUT2D eigenvalue weighted by Crippen LogP contribution is -2.14. The van der Waals surface area contributed by atoms with Gasteiger partial charge in [-0.1, -0.05) is 18.2 Å². The summed E-state index contributed by atoms with van der Waals surface area (Å²) in [6.45, 7) is 1.18. The number of hydrogen-bond donors (Lipinski definition) is 1. The monoisotopic (exact) mass is 532 g/mol. The molecule has 3 aromatic heterocycles. The van der Waals surface area contributed by atoms with Crippen molar-refractivity contribution in [1.29, 1.82) is 0 Å². The second kappa shape index (κ2) is 9.29. The van der Waals surface area contributed by atoms with E-state index in [1.54, 1.807) is 48.7 Å². The predicted octanol–water partition coefficient (Wildman–Crippen LogP) is 3.78. The number of nitro benzene ring substituents is 2. The molecule has 0 atom stereocenters. The molecule has 0 spiro atoms. The SMILES string of the molecule is Cc1c([N+](=O)[O-])cc(S(=O)(=O)Nc2cccc(-c3ccc4nnc(-c5ccccn5)n4n3)c2)cc1[N+](=O)[O-]. The maximum Gasteiger partial charge on any atom is 0.280 e. The molecule has 3 heterocycles. The zero-order valence-corrected chi connectivity index (χ0v) is 20.2. The minimum Gasteiger partial charge on any atom is -0.280 e. The molecule has 0 bridgehead atoms. The Hall–Kier alpha value is -5.31. The Kier molecular flexibility index (Phi) is 5.96. The van der Waals surface area contributed by atoms with Crippen molar-refractivity contribution in [2.45, 2.75) is 11.8 Å². The van der Waals surface area contributed by atoms with Gasteiger partial charge >= 0.3 is 0 Å². The molecule has 190 valence electrons. The van der Waals surface area contributed by atoms with Gasteiger partial charge in [-0.15, -0.1) is 10.2 Å². The lowest BCUT2D eigenvalue weighted by atomic mass is 10.1. The first-order valence-corrected chi connectivity index (χ1v) is 12.3. The third-order valence-corrected chi connectivity index (χ3v) is 6.96. The Morgan fingerprint density at radius 1 is 0.868 bits per heavy atom. The summed E-state index contributed by atoms with van der Waals surface area (Å²) >= 11 is 0. The van der Waals surface area contributed by atoms with E-state index in [-0.39, 0.29) is 11.3 Å². The van der Waals surface area contributed by atoms with E-state index in [9.17, 15) is 28.6 Å². The van der Waals surface area contributed by atoms with E-state index in [1.165, 1.54) is 23.6 Å². The van der Waals surface area contributed by atoms with Crippen LogP contribution in [0, 0.1) is 27.2 Å². The number of nitrogens with zero attached hydrogens (tertiary/aromatic N) is 7. The molecular weight excluding hydrogens is 516 g/mol. The fraction of sp³-hybridized carbons (Fsp3) is 0.0435. The van der Waals surface area contributed by atoms with Gasteiger partial charge in [-0.25, -0.2) is 8.42 Å². The maximum absolute atomic E-state index is 13.1. The third-order valence-electron chi connectivity index (χ3n) is 5.60. The van der Waals surface area contributed by atoms with Crippen LogP contribution < -0.4 is 4.72 Å². The van der Waals surface area contributed by atoms with Crippen LogP contribution in [0.15, 0.2) is 77.8 Å². The van der Waals surface area contributed by atoms with Crippen molar-refractivity contribution >= 4 is 32.7 Å². The van der Waals surface area contributed by atoms with Crippen LogP contribution in [0.5, 0.6) is 0 Å². The molecule has 1 N–H and O–H groups in total. The lowest BCUT2D eigenvalue weighted by Gasteiger charge is -2.10. The number of fused-ring (bicyclic) bond motifs is 1. The summed E-state index contributed by atoms with van der Waals surface area (Å²) in [5, 5.41) is 35.6. The summed E-state index contributed by atoms with van der Waals surface area (Å²) in [5.74, 6) is 0.418. The van der Waals surface area contributed by atoms with Crippen molar-refractivity contribution in [3.63, 3.8) is 0 Å². The number of nitro groups is 2. The van der Waals surface area contributed by atoms with Crippen LogP contribution in [0.1, 0.15) is 5.56 Å². The van der Waals surface area contributed by atoms with Crippen molar-refractivity contribution < 1.29 is 18.3 Å². The second-order valence-corrected chi connectivity index (χ2v) is 9.70. The van der Waals surface area contributed by atoms with Crippen molar-refractivity contribution in [2.75, 3.05) is 4.72 Å². The van der Waals surface area contributed by atoms with E-state index in [1.807, 2.05) is 0 Å². The molecule has 0 saturated carbocycles. The van der Waals surface area contributed by atoms with Gasteiger partial charge in [0.2, 0.25) is 5.82 Å². The Morgan fingerprint density at radius 2 is 1.61 bits per heavy atom. The Labute approximate surface area is 214 Å². The highest BCUT2D eigenvalue weighted by atomic mass is 32.2. The van der Waals surface area contributed by atoms with Crippen LogP contribution in [-0.2, 0) is 10.0 Å². The molecule has 0 aliphatic carbocycles. The number of anilines is 1. The number of hydrogen-bond acceptors (Lipinski definition) is 10. The molecule has 0 aliphatic heterocycles. The molecule has 0 saturated heterocycles. The molecule has 0 fully saturated rings. The van der Waals surface area contributed by atoms with E-state index >= 15 is 0 Å². The van der Waals surface area contributed by atoms with Crippen molar-refractivity contribution in [3.8, 4) is 22.8 Å². The second-order valence-electron chi connectivity index (χ2n) is 8.01. The molecule has 0 aliphatic rings. The highest BCUT2D eigenvalue weighted by Gasteiger charge is 2.28. The van der Waals surface area contributed by atoms with Crippen LogP contribution in [-0.4, -0.2) is 43.1 Å². The van der Waals surface area contributed by atoms with Gasteiger partial charge in [0.05, 0.1) is 15.5 Å². The summed E-state index contributed by atoms with van der Waals surface area (Å²) in [7, 11) is -4.42. The van der Waals surface area contributed by atoms with E-state index in [0.717, 1.165) is 12.1 Å². The third kappa shape index (κ3) is 4.48. The largest absolute Gasteiger partial charge is 0.280 e. The van der Waals surface area contributed by atoms with Crippen LogP contribution in [0.2, 0.25) is 0 Å². The normalized spacial score (nSPS) is 11.4. The predicted molar refractivity (Wildman–Crippen MR) is 135 cm³/mol. The Balaban J connectivity index is 1.51. The molecule has 0 unspecified atom stereocenters. The average Bonchev–Trinajstić information content (AvgIpc) is 3.32. The minimum atomic E-state index is -4.42. The number of sulfonamides is 1. The molecule has 5 rings (SSSR count). The van der Waals surface area contributed by atoms with Gasteiger partial charge in [-0.2, -0.15) is 9.61 Å². The fourth-order valence-corrected chi connectivity index (χ4v) is 4.84. The van der Waals surface area contributed by atoms with E-state index in [4.69, 9.17) is 0 Å². The minimum absolute atomic E-state index is 0.115. The Bertz CT molecular complexity index is 1800. The molecule has 0 amide bonds. The van der Waals surface area contributed by atoms with Gasteiger partial charge in [-0.3, -0.25) is 29.9 Å². The Morgan fingerprint density at radius 3 is 2.26 bits per heavy atom. The lowest BCUT2D eigenvalue weighted by molar-refractivity contribution is -0.395. The zero-order chi connectivity index (χ0) is 27.0. The average molecular weight is 532 g/mol. The zero-order valence-electron chi connectivity index (χ0n) is 19.4. The van der Waals surface area contributed by atoms with Gasteiger partial charge in [0, 0.05) is 29.6 Å². The van der Waals surface area contributed by atoms with E-state index in [0.29, 0.717) is 28.4 Å². The van der Waals surface area contributed by atoms with Gasteiger partial charge in [0.15, 0.2) is 5.65 Å². The topological polar surface area (TPSA) is 188 Å². The number of aromatic nitrogens is 5. The van der Waals surface area contributed by atoms with Gasteiger partial charge in [0.25, 0.3) is 21.4 Å². The van der Waals surface area contributed by atoms with Gasteiger partial charge in [0.1, 0.15) is 16.2 Å². The standard InChI is InChI=1S/C23H16N8O6S/c1-14-20(30(32)33)12-17(13-21(14)31(34)35)38(36,37)28-16-6-4-5-15(11-16)18-8-9-22-25-26-23(29(22)27-18)19-7-2-3-10-24-19/h2-13,28H,1H3. The van der Waals surface area contributed by atoms with Gasteiger partial charge < -0.3 is 0 Å². The highest BCUT2D eigenvalue weighted by molar-refractivity contribution is 7.92. The van der Waals surface area contributed by atoms with Crippen LogP contribution in [0.25, 0.3) is 28.4 Å². The van der Waals surface area contributed by atoms with Crippen LogP contribution >= 0.6 is 0 Å². The quantitative estimate of drug-likeness (QED) is 0.238. The van der Waals surface area contributed by atoms with E-state index in [2.05, 4.69) is 25.0 Å². The molecule has 38 heavy (non-hydrogen) atoms. The molecular formula is C23H16N8O6S.